The van der Waals surface area contributed by atoms with Gasteiger partial charge in [-0.3, -0.25) is 4.68 Å². The molecule has 1 unspecified atom stereocenters. The zero-order chi connectivity index (χ0) is 11.4. The minimum absolute atomic E-state index is 0.219. The van der Waals surface area contributed by atoms with E-state index in [-0.39, 0.29) is 6.10 Å². The molecule has 1 aromatic rings. The summed E-state index contributed by atoms with van der Waals surface area (Å²) in [4.78, 5) is 0. The predicted octanol–water partition coefficient (Wildman–Crippen LogP) is 1.86. The van der Waals surface area contributed by atoms with Gasteiger partial charge in [0, 0.05) is 19.7 Å². The molecule has 2 rings (SSSR count). The van der Waals surface area contributed by atoms with Crippen LogP contribution in [-0.2, 0) is 13.5 Å². The van der Waals surface area contributed by atoms with Gasteiger partial charge in [0.05, 0.1) is 11.8 Å². The molecule has 0 aliphatic carbocycles. The summed E-state index contributed by atoms with van der Waals surface area (Å²) < 4.78 is 1.79. The molecule has 2 heterocycles. The van der Waals surface area contributed by atoms with Crippen LogP contribution in [-0.4, -0.2) is 32.5 Å². The van der Waals surface area contributed by atoms with Gasteiger partial charge in [0.1, 0.15) is 0 Å². The molecular weight excluding hydrogens is 220 g/mol. The Morgan fingerprint density at radius 1 is 1.56 bits per heavy atom. The van der Waals surface area contributed by atoms with Crippen molar-refractivity contribution in [2.45, 2.75) is 31.8 Å². The summed E-state index contributed by atoms with van der Waals surface area (Å²) in [6.45, 7) is 0. The Bertz CT molecular complexity index is 321. The number of hydrogen-bond acceptors (Lipinski definition) is 3. The second-order valence-corrected chi connectivity index (χ2v) is 5.85. The van der Waals surface area contributed by atoms with Crippen LogP contribution in [0.5, 0.6) is 0 Å². The molecule has 0 amide bonds. The number of aromatic nitrogens is 2. The first-order valence-corrected chi connectivity index (χ1v) is 7.14. The van der Waals surface area contributed by atoms with Crippen molar-refractivity contribution >= 4 is 11.8 Å². The fraction of sp³-hybridized carbons (Fsp3) is 0.750. The average molecular weight is 240 g/mol. The molecule has 0 saturated carbocycles. The lowest BCUT2D eigenvalue weighted by Gasteiger charge is -2.23. The fourth-order valence-corrected chi connectivity index (χ4v) is 3.47. The van der Waals surface area contributed by atoms with Gasteiger partial charge in [0.25, 0.3) is 0 Å². The standard InChI is InChI=1S/C12H20N2OS/c1-14-5-2-11(13-14)9-12(15)8-10-3-6-16-7-4-10/h2,5,10,12,15H,3-4,6-9H2,1H3. The van der Waals surface area contributed by atoms with E-state index in [0.29, 0.717) is 6.42 Å². The van der Waals surface area contributed by atoms with E-state index in [9.17, 15) is 5.11 Å². The molecular formula is C12H20N2OS. The number of thioether (sulfide) groups is 1. The topological polar surface area (TPSA) is 38.0 Å². The van der Waals surface area contributed by atoms with Crippen molar-refractivity contribution in [3.05, 3.63) is 18.0 Å². The minimum atomic E-state index is -0.219. The maximum Gasteiger partial charge on any atom is 0.0650 e. The highest BCUT2D eigenvalue weighted by Crippen LogP contribution is 2.26. The molecule has 1 aliphatic rings. The molecule has 0 aromatic carbocycles. The van der Waals surface area contributed by atoms with Crippen molar-refractivity contribution in [3.8, 4) is 0 Å². The molecule has 3 nitrogen and oxygen atoms in total. The van der Waals surface area contributed by atoms with E-state index in [1.165, 1.54) is 24.3 Å². The number of aliphatic hydroxyl groups is 1. The van der Waals surface area contributed by atoms with Crippen molar-refractivity contribution in [2.24, 2.45) is 13.0 Å². The average Bonchev–Trinajstić information content (AvgIpc) is 2.65. The lowest BCUT2D eigenvalue weighted by molar-refractivity contribution is 0.138. The fourth-order valence-electron chi connectivity index (χ4n) is 2.26. The van der Waals surface area contributed by atoms with Crippen LogP contribution in [0.1, 0.15) is 25.0 Å². The van der Waals surface area contributed by atoms with Crippen LogP contribution in [0.25, 0.3) is 0 Å². The molecule has 1 aliphatic heterocycles. The van der Waals surface area contributed by atoms with E-state index in [1.54, 1.807) is 4.68 Å². The molecule has 1 fully saturated rings. The molecule has 0 radical (unpaired) electrons. The van der Waals surface area contributed by atoms with Crippen molar-refractivity contribution in [1.82, 2.24) is 9.78 Å². The van der Waals surface area contributed by atoms with E-state index in [2.05, 4.69) is 5.10 Å². The molecule has 1 saturated heterocycles. The lowest BCUT2D eigenvalue weighted by atomic mass is 9.94. The number of aliphatic hydroxyl groups excluding tert-OH is 1. The largest absolute Gasteiger partial charge is 0.393 e. The molecule has 90 valence electrons. The molecule has 16 heavy (non-hydrogen) atoms. The number of aryl methyl sites for hydroxylation is 1. The van der Waals surface area contributed by atoms with Gasteiger partial charge >= 0.3 is 0 Å². The van der Waals surface area contributed by atoms with Crippen molar-refractivity contribution in [2.75, 3.05) is 11.5 Å². The van der Waals surface area contributed by atoms with Crippen LogP contribution in [0, 0.1) is 5.92 Å². The summed E-state index contributed by atoms with van der Waals surface area (Å²) in [5.41, 5.74) is 1.00. The third-order valence-electron chi connectivity index (χ3n) is 3.16. The van der Waals surface area contributed by atoms with Gasteiger partial charge < -0.3 is 5.11 Å². The first kappa shape index (κ1) is 12.0. The van der Waals surface area contributed by atoms with E-state index in [4.69, 9.17) is 0 Å². The van der Waals surface area contributed by atoms with Gasteiger partial charge in [-0.2, -0.15) is 16.9 Å². The van der Waals surface area contributed by atoms with Crippen LogP contribution in [0.4, 0.5) is 0 Å². The molecule has 1 aromatic heterocycles. The highest BCUT2D eigenvalue weighted by Gasteiger charge is 2.18. The summed E-state index contributed by atoms with van der Waals surface area (Å²) in [6.07, 6.45) is 5.89. The van der Waals surface area contributed by atoms with Crippen molar-refractivity contribution in [3.63, 3.8) is 0 Å². The van der Waals surface area contributed by atoms with E-state index in [1.807, 2.05) is 31.1 Å². The summed E-state index contributed by atoms with van der Waals surface area (Å²) in [6, 6.07) is 1.99. The zero-order valence-electron chi connectivity index (χ0n) is 9.80. The van der Waals surface area contributed by atoms with Crippen LogP contribution in [0.3, 0.4) is 0 Å². The van der Waals surface area contributed by atoms with Crippen LogP contribution in [0.15, 0.2) is 12.3 Å². The van der Waals surface area contributed by atoms with E-state index < -0.39 is 0 Å². The molecule has 1 N–H and O–H groups in total. The van der Waals surface area contributed by atoms with Crippen molar-refractivity contribution in [1.29, 1.82) is 0 Å². The van der Waals surface area contributed by atoms with Gasteiger partial charge in [-0.25, -0.2) is 0 Å². The van der Waals surface area contributed by atoms with Crippen LogP contribution < -0.4 is 0 Å². The number of nitrogens with zero attached hydrogens (tertiary/aromatic N) is 2. The van der Waals surface area contributed by atoms with Crippen molar-refractivity contribution < 1.29 is 5.11 Å². The summed E-state index contributed by atoms with van der Waals surface area (Å²) in [5, 5.41) is 14.3. The first-order chi connectivity index (χ1) is 7.74. The predicted molar refractivity (Wildman–Crippen MR) is 67.6 cm³/mol. The monoisotopic (exact) mass is 240 g/mol. The zero-order valence-corrected chi connectivity index (χ0v) is 10.6. The highest BCUT2D eigenvalue weighted by molar-refractivity contribution is 7.99. The summed E-state index contributed by atoms with van der Waals surface area (Å²) in [5.74, 6) is 3.25. The van der Waals surface area contributed by atoms with E-state index in [0.717, 1.165) is 18.0 Å². The van der Waals surface area contributed by atoms with Gasteiger partial charge in [0.2, 0.25) is 0 Å². The highest BCUT2D eigenvalue weighted by atomic mass is 32.2. The Morgan fingerprint density at radius 3 is 2.94 bits per heavy atom. The van der Waals surface area contributed by atoms with Gasteiger partial charge in [0.15, 0.2) is 0 Å². The summed E-state index contributed by atoms with van der Waals surface area (Å²) in [7, 11) is 1.91. The Hall–Kier alpha value is -0.480. The second-order valence-electron chi connectivity index (χ2n) is 4.63. The molecule has 1 atom stereocenters. The van der Waals surface area contributed by atoms with Gasteiger partial charge in [-0.1, -0.05) is 0 Å². The Morgan fingerprint density at radius 2 is 2.31 bits per heavy atom. The maximum absolute atomic E-state index is 10.0. The molecule has 0 bridgehead atoms. The Balaban J connectivity index is 1.77. The maximum atomic E-state index is 10.0. The Labute approximate surface area is 101 Å². The quantitative estimate of drug-likeness (QED) is 0.873. The Kier molecular flexibility index (Phi) is 4.29. The van der Waals surface area contributed by atoms with Crippen LogP contribution in [0.2, 0.25) is 0 Å². The third-order valence-corrected chi connectivity index (χ3v) is 4.21. The third kappa shape index (κ3) is 3.52. The molecule has 4 heteroatoms. The van der Waals surface area contributed by atoms with Gasteiger partial charge in [-0.15, -0.1) is 0 Å². The first-order valence-electron chi connectivity index (χ1n) is 5.98. The lowest BCUT2D eigenvalue weighted by Crippen LogP contribution is -2.19. The second kappa shape index (κ2) is 5.73. The van der Waals surface area contributed by atoms with E-state index >= 15 is 0 Å². The minimum Gasteiger partial charge on any atom is -0.393 e. The summed E-state index contributed by atoms with van der Waals surface area (Å²) >= 11 is 2.04. The normalized spacial score (nSPS) is 19.9. The van der Waals surface area contributed by atoms with Crippen LogP contribution >= 0.6 is 11.8 Å². The SMILES string of the molecule is Cn1ccc(CC(O)CC2CCSCC2)n1. The van der Waals surface area contributed by atoms with Gasteiger partial charge in [-0.05, 0) is 42.8 Å². The molecule has 0 spiro atoms. The smallest absolute Gasteiger partial charge is 0.0650 e. The number of rotatable bonds is 4. The number of hydrogen-bond donors (Lipinski definition) is 1.